The van der Waals surface area contributed by atoms with Gasteiger partial charge in [0, 0.05) is 39.6 Å². The molecule has 3 rings (SSSR count). The molecule has 0 bridgehead atoms. The Morgan fingerprint density at radius 2 is 1.89 bits per heavy atom. The van der Waals surface area contributed by atoms with Crippen LogP contribution >= 0.6 is 23.1 Å². The quantitative estimate of drug-likeness (QED) is 0.251. The Labute approximate surface area is 213 Å². The number of hydrogen-bond acceptors (Lipinski definition) is 7. The van der Waals surface area contributed by atoms with Gasteiger partial charge in [-0.15, -0.1) is 0 Å². The van der Waals surface area contributed by atoms with Crippen LogP contribution in [0.3, 0.4) is 0 Å². The van der Waals surface area contributed by atoms with E-state index in [0.29, 0.717) is 43.7 Å². The van der Waals surface area contributed by atoms with Crippen LogP contribution in [0.2, 0.25) is 5.02 Å². The minimum Gasteiger partial charge on any atom is -0.471 e. The predicted molar refractivity (Wildman–Crippen MR) is 127 cm³/mol. The maximum atomic E-state index is 14.0. The van der Waals surface area contributed by atoms with Crippen LogP contribution in [-0.2, 0) is 11.4 Å². The van der Waals surface area contributed by atoms with E-state index in [1.54, 1.807) is 11.8 Å². The summed E-state index contributed by atoms with van der Waals surface area (Å²) in [4.78, 5) is 39.5. The van der Waals surface area contributed by atoms with E-state index < -0.39 is 46.6 Å². The number of benzene rings is 1. The van der Waals surface area contributed by atoms with Crippen molar-refractivity contribution in [2.75, 3.05) is 44.6 Å². The van der Waals surface area contributed by atoms with Crippen molar-refractivity contribution in [1.29, 1.82) is 0 Å². The maximum Gasteiger partial charge on any atom is 0.319 e. The molecule has 4 amide bonds. The molecule has 1 aromatic heterocycles. The second kappa shape index (κ2) is 12.2. The lowest BCUT2D eigenvalue weighted by atomic mass is 10.2. The summed E-state index contributed by atoms with van der Waals surface area (Å²) in [5.74, 6) is -5.44. The number of nitrogens with one attached hydrogen (secondary N) is 2. The number of anilines is 1. The van der Waals surface area contributed by atoms with Crippen LogP contribution in [-0.4, -0.2) is 71.3 Å². The Morgan fingerprint density at radius 1 is 1.19 bits per heavy atom. The number of aromatic nitrogens is 1. The summed E-state index contributed by atoms with van der Waals surface area (Å²) >= 11 is 6.07. The number of hydrogen-bond donors (Lipinski definition) is 3. The third-order valence-corrected chi connectivity index (χ3v) is 6.47. The lowest BCUT2D eigenvalue weighted by Gasteiger charge is -2.34. The highest BCUT2D eigenvalue weighted by molar-refractivity contribution is 7.11. The fourth-order valence-electron chi connectivity index (χ4n) is 3.49. The summed E-state index contributed by atoms with van der Waals surface area (Å²) in [6.07, 6.45) is 0.655. The molecule has 0 spiro atoms. The van der Waals surface area contributed by atoms with E-state index in [0.717, 1.165) is 19.6 Å². The molecular weight excluding hydrogens is 525 g/mol. The first-order valence-corrected chi connectivity index (χ1v) is 12.0. The van der Waals surface area contributed by atoms with Gasteiger partial charge in [-0.1, -0.05) is 11.6 Å². The highest BCUT2D eigenvalue weighted by atomic mass is 35.5. The Kier molecular flexibility index (Phi) is 9.34. The molecule has 15 heteroatoms. The van der Waals surface area contributed by atoms with Crippen molar-refractivity contribution in [1.82, 2.24) is 19.5 Å². The summed E-state index contributed by atoms with van der Waals surface area (Å²) < 4.78 is 50.7. The van der Waals surface area contributed by atoms with Crippen molar-refractivity contribution in [2.45, 2.75) is 20.0 Å². The Bertz CT molecular complexity index is 1140. The largest absolute Gasteiger partial charge is 0.471 e. The fourth-order valence-corrected chi connectivity index (χ4v) is 4.41. The SMILES string of the molecule is CC(=O)N1CCN(CCCNC(=O)Nc2snc(OCc3c(F)cc(Cl)c(F)c3F)c2C(N)=O)CC1. The third kappa shape index (κ3) is 6.77. The van der Waals surface area contributed by atoms with Crippen molar-refractivity contribution < 1.29 is 32.3 Å². The number of urea groups is 1. The highest BCUT2D eigenvalue weighted by Gasteiger charge is 2.24. The number of carbonyl (C=O) groups excluding carboxylic acids is 3. The van der Waals surface area contributed by atoms with Gasteiger partial charge in [-0.05, 0) is 30.6 Å². The number of piperazine rings is 1. The summed E-state index contributed by atoms with van der Waals surface area (Å²) in [5, 5.41) is 4.34. The van der Waals surface area contributed by atoms with Crippen molar-refractivity contribution >= 4 is 46.0 Å². The Morgan fingerprint density at radius 3 is 2.53 bits per heavy atom. The predicted octanol–water partition coefficient (Wildman–Crippen LogP) is 2.57. The second-order valence-electron chi connectivity index (χ2n) is 7.87. The molecule has 1 saturated heterocycles. The van der Waals surface area contributed by atoms with Gasteiger partial charge < -0.3 is 20.7 Å². The first-order chi connectivity index (χ1) is 17.1. The third-order valence-electron chi connectivity index (χ3n) is 5.45. The smallest absolute Gasteiger partial charge is 0.319 e. The first kappa shape index (κ1) is 27.5. The topological polar surface area (TPSA) is 130 Å². The molecule has 1 aromatic carbocycles. The number of halogens is 4. The lowest BCUT2D eigenvalue weighted by molar-refractivity contribution is -0.130. The molecule has 4 N–H and O–H groups in total. The molecule has 1 aliphatic rings. The van der Waals surface area contributed by atoms with Gasteiger partial charge >= 0.3 is 6.03 Å². The molecule has 0 aliphatic carbocycles. The number of rotatable bonds is 9. The summed E-state index contributed by atoms with van der Waals surface area (Å²) in [5.41, 5.74) is 4.31. The summed E-state index contributed by atoms with van der Waals surface area (Å²) in [6, 6.07) is -0.0242. The molecule has 0 radical (unpaired) electrons. The molecule has 0 unspecified atom stereocenters. The van der Waals surface area contributed by atoms with Crippen molar-refractivity contribution in [3.63, 3.8) is 0 Å². The zero-order valence-electron chi connectivity index (χ0n) is 19.2. The molecule has 36 heavy (non-hydrogen) atoms. The van der Waals surface area contributed by atoms with E-state index in [9.17, 15) is 27.6 Å². The molecule has 1 fully saturated rings. The zero-order chi connectivity index (χ0) is 26.4. The van der Waals surface area contributed by atoms with Gasteiger partial charge in [0.25, 0.3) is 5.91 Å². The Hall–Kier alpha value is -3.10. The minimum atomic E-state index is -1.53. The number of nitrogens with two attached hydrogens (primary N) is 1. The van der Waals surface area contributed by atoms with E-state index in [2.05, 4.69) is 19.9 Å². The van der Waals surface area contributed by atoms with Crippen LogP contribution in [0.1, 0.15) is 29.3 Å². The number of ether oxygens (including phenoxy) is 1. The molecule has 0 saturated carbocycles. The molecule has 10 nitrogen and oxygen atoms in total. The average molecular weight is 549 g/mol. The van der Waals surface area contributed by atoms with E-state index >= 15 is 0 Å². The minimum absolute atomic E-state index is 0.0291. The molecule has 2 aromatic rings. The van der Waals surface area contributed by atoms with Crippen LogP contribution in [0.4, 0.5) is 23.0 Å². The van der Waals surface area contributed by atoms with E-state index in [1.165, 1.54) is 0 Å². The fraction of sp³-hybridized carbons (Fsp3) is 0.429. The van der Waals surface area contributed by atoms with Crippen molar-refractivity contribution in [2.24, 2.45) is 5.73 Å². The number of nitrogens with zero attached hydrogens (tertiary/aromatic N) is 3. The normalized spacial score (nSPS) is 14.0. The van der Waals surface area contributed by atoms with Gasteiger partial charge in [0.1, 0.15) is 23.0 Å². The molecule has 1 aliphatic heterocycles. The zero-order valence-corrected chi connectivity index (χ0v) is 20.8. The van der Waals surface area contributed by atoms with E-state index in [1.807, 2.05) is 0 Å². The highest BCUT2D eigenvalue weighted by Crippen LogP contribution is 2.31. The maximum absolute atomic E-state index is 14.0. The van der Waals surface area contributed by atoms with Crippen molar-refractivity contribution in [3.8, 4) is 5.88 Å². The molecule has 2 heterocycles. The van der Waals surface area contributed by atoms with Crippen molar-refractivity contribution in [3.05, 3.63) is 39.7 Å². The average Bonchev–Trinajstić information content (AvgIpc) is 3.23. The lowest BCUT2D eigenvalue weighted by Crippen LogP contribution is -2.48. The van der Waals surface area contributed by atoms with Crippen LogP contribution < -0.4 is 21.1 Å². The summed E-state index contributed by atoms with van der Waals surface area (Å²) in [7, 11) is 0. The number of amides is 4. The van der Waals surface area contributed by atoms with Crippen LogP contribution in [0.15, 0.2) is 6.07 Å². The van der Waals surface area contributed by atoms with Gasteiger partial charge in [-0.3, -0.25) is 19.8 Å². The first-order valence-electron chi connectivity index (χ1n) is 10.8. The van der Waals surface area contributed by atoms with E-state index in [-0.39, 0.29) is 22.4 Å². The van der Waals surface area contributed by atoms with Gasteiger partial charge in [0.15, 0.2) is 11.6 Å². The Balaban J connectivity index is 1.51. The number of primary amides is 1. The molecule has 0 atom stereocenters. The van der Waals surface area contributed by atoms with Gasteiger partial charge in [0.05, 0.1) is 10.6 Å². The van der Waals surface area contributed by atoms with Crippen LogP contribution in [0, 0.1) is 17.5 Å². The second-order valence-corrected chi connectivity index (χ2v) is 9.05. The van der Waals surface area contributed by atoms with E-state index in [4.69, 9.17) is 22.1 Å². The molecular formula is C21H24ClF3N6O4S. The van der Waals surface area contributed by atoms with Gasteiger partial charge in [0.2, 0.25) is 11.8 Å². The van der Waals surface area contributed by atoms with Crippen LogP contribution in [0.5, 0.6) is 5.88 Å². The van der Waals surface area contributed by atoms with Crippen LogP contribution in [0.25, 0.3) is 0 Å². The van der Waals surface area contributed by atoms with Gasteiger partial charge in [-0.2, -0.15) is 4.37 Å². The standard InChI is InChI=1S/C21H24ClF3N6O4S/c1-11(32)31-7-5-30(6-8-31)4-2-3-27-21(34)28-20-15(18(26)33)19(29-36-20)35-10-12-14(23)9-13(22)17(25)16(12)24/h9H,2-8,10H2,1H3,(H2,26,33)(H2,27,28,34). The van der Waals surface area contributed by atoms with Gasteiger partial charge in [-0.25, -0.2) is 18.0 Å². The molecule has 196 valence electrons. The summed E-state index contributed by atoms with van der Waals surface area (Å²) in [6.45, 7) is 4.66. The number of carbonyl (C=O) groups is 3. The monoisotopic (exact) mass is 548 g/mol.